The van der Waals surface area contributed by atoms with Gasteiger partial charge in [-0.3, -0.25) is 56.3 Å². The van der Waals surface area contributed by atoms with Gasteiger partial charge in [-0.25, -0.2) is 4.39 Å². The van der Waals surface area contributed by atoms with E-state index < -0.39 is 23.3 Å². The van der Waals surface area contributed by atoms with Gasteiger partial charge in [-0.1, -0.05) is 47.5 Å². The number of alkyl halides is 7. The molecule has 20 rings (SSSR count). The van der Waals surface area contributed by atoms with Crippen LogP contribution in [0.4, 0.5) is 35.1 Å². The Labute approximate surface area is 842 Å². The lowest BCUT2D eigenvalue weighted by atomic mass is 10.0. The van der Waals surface area contributed by atoms with Crippen molar-refractivity contribution < 1.29 is 113 Å². The monoisotopic (exact) mass is 2060 g/mol. The third-order valence-corrected chi connectivity index (χ3v) is 29.1. The Bertz CT molecular complexity index is 6940. The summed E-state index contributed by atoms with van der Waals surface area (Å²) in [6.45, 7) is 10.1. The number of aromatic hydroxyl groups is 4. The Balaban J connectivity index is 0.000000131. The predicted molar refractivity (Wildman–Crippen MR) is 540 cm³/mol. The smallest absolute Gasteiger partial charge is 0.416 e. The molecular formula is C109H92Cl2F8N4O16S4. The molecule has 0 saturated carbocycles. The summed E-state index contributed by atoms with van der Waals surface area (Å²) in [5.41, 5.74) is 0.471. The highest BCUT2D eigenvalue weighted by molar-refractivity contribution is 7.22. The second-order valence-corrected chi connectivity index (χ2v) is 39.5. The van der Waals surface area contributed by atoms with Crippen LogP contribution in [0.2, 0.25) is 10.0 Å². The van der Waals surface area contributed by atoms with Gasteiger partial charge in [0.25, 0.3) is 0 Å². The molecule has 4 N–H and O–H groups in total. The Morgan fingerprint density at radius 2 is 0.573 bits per heavy atom. The van der Waals surface area contributed by atoms with E-state index in [1.165, 1.54) is 70.4 Å². The minimum Gasteiger partial charge on any atom is -0.508 e. The van der Waals surface area contributed by atoms with Gasteiger partial charge < -0.3 is 58.3 Å². The molecule has 4 aliphatic rings. The molecule has 12 aromatic carbocycles. The van der Waals surface area contributed by atoms with Crippen molar-refractivity contribution in [2.24, 2.45) is 23.7 Å². The lowest BCUT2D eigenvalue weighted by molar-refractivity contribution is -0.137. The second-order valence-electron chi connectivity index (χ2n) is 34.5. The summed E-state index contributed by atoms with van der Waals surface area (Å²) >= 11 is 17.1. The lowest BCUT2D eigenvalue weighted by Gasteiger charge is -2.37. The number of hydrogen-bond donors (Lipinski definition) is 4. The van der Waals surface area contributed by atoms with E-state index in [9.17, 15) is 74.7 Å². The number of thiophene rings is 4. The topological polar surface area (TPSA) is 236 Å². The number of halogens is 10. The maximum absolute atomic E-state index is 13.4. The molecule has 738 valence electrons. The zero-order chi connectivity index (χ0) is 100.0. The molecular weight excluding hydrogens is 1970 g/mol. The molecule has 0 unspecified atom stereocenters. The molecule has 16 aromatic rings. The molecule has 143 heavy (non-hydrogen) atoms. The second kappa shape index (κ2) is 46.3. The molecule has 0 amide bonds. The number of carbonyl (C=O) groups is 4. The standard InChI is InChI=1S/C28H23F4NO4S.2C27H23ClFNO4S.C27H23F2NO4S/c29-14-17-15-33(16-17)11-12-36-21-6-8-22(9-7-21)37-26-23-10-5-20(34)13-24(23)38-27(26)25(35)18-1-3-19(4-2-18)28(30,31)32;28-19-3-1-18(2-4-19)25(32)27-26(23-10-5-20(31)13-24(23)35-27)34-22-8-6-21(7-9-22)33-12-11-30-15-17(14-29)16-30;28-23-4-2-1-3-21(23)25(32)27-26(22-10-5-18(31)13-24(22)35-27)34-20-8-6-19(7-9-20)33-12-11-30-15-17(14-29)16-30;28-14-17-15-30(16-17)11-12-33-21-6-8-22(9-7-21)34-26-23-10-5-20(31)13-24(23)35-27(26)25(32)18-1-3-19(29)4-2-18/h1-10,13,17,34H,11-12,14-16H2;3*1-10,13,17,31H,11-12,14-16H2. The van der Waals surface area contributed by atoms with Crippen LogP contribution in [0.1, 0.15) is 66.5 Å². The summed E-state index contributed by atoms with van der Waals surface area (Å²) in [5.74, 6) is 5.59. The number of rotatable bonds is 36. The van der Waals surface area contributed by atoms with Gasteiger partial charge in [0.1, 0.15) is 121 Å². The first kappa shape index (κ1) is 101. The number of phenols is 4. The normalized spacial score (nSPS) is 14.2. The number of ether oxygens (including phenoxy) is 8. The van der Waals surface area contributed by atoms with Crippen LogP contribution in [0.5, 0.6) is 92.0 Å². The maximum atomic E-state index is 13.4. The summed E-state index contributed by atoms with van der Waals surface area (Å²) in [7, 11) is 0. The third kappa shape index (κ3) is 25.3. The van der Waals surface area contributed by atoms with Crippen LogP contribution in [0.15, 0.2) is 267 Å². The summed E-state index contributed by atoms with van der Waals surface area (Å²) in [6.07, 6.45) is -4.51. The molecule has 20 nitrogen and oxygen atoms in total. The van der Waals surface area contributed by atoms with Crippen molar-refractivity contribution >= 4 is 132 Å². The van der Waals surface area contributed by atoms with E-state index in [-0.39, 0.29) is 107 Å². The van der Waals surface area contributed by atoms with Crippen molar-refractivity contribution in [2.45, 2.75) is 6.18 Å². The maximum Gasteiger partial charge on any atom is 0.416 e. The first-order valence-electron chi connectivity index (χ1n) is 45.6. The van der Waals surface area contributed by atoms with Crippen LogP contribution < -0.4 is 37.9 Å². The summed E-state index contributed by atoms with van der Waals surface area (Å²) in [4.78, 5) is 63.2. The average molecular weight is 2070 g/mol. The highest BCUT2D eigenvalue weighted by Crippen LogP contribution is 2.49. The number of fused-ring (bicyclic) bond motifs is 4. The molecule has 4 saturated heterocycles. The lowest BCUT2D eigenvalue weighted by Crippen LogP contribution is -2.49. The highest BCUT2D eigenvalue weighted by Gasteiger charge is 2.35. The van der Waals surface area contributed by atoms with Crippen LogP contribution in [0.3, 0.4) is 0 Å². The van der Waals surface area contributed by atoms with Crippen molar-refractivity contribution in [3.05, 3.63) is 330 Å². The highest BCUT2D eigenvalue weighted by atomic mass is 35.5. The number of likely N-dealkylation sites (tertiary alicyclic amines) is 4. The van der Waals surface area contributed by atoms with E-state index in [1.807, 2.05) is 24.3 Å². The first-order valence-corrected chi connectivity index (χ1v) is 49.6. The Morgan fingerprint density at radius 3 is 0.839 bits per heavy atom. The van der Waals surface area contributed by atoms with Gasteiger partial charge in [-0.2, -0.15) is 13.2 Å². The molecule has 0 bridgehead atoms. The Kier molecular flexibility index (Phi) is 32.8. The van der Waals surface area contributed by atoms with Gasteiger partial charge in [-0.15, -0.1) is 45.3 Å². The quantitative estimate of drug-likeness (QED) is 0.0211. The number of phenolic OH excluding ortho intramolecular Hbond substituents is 4. The van der Waals surface area contributed by atoms with E-state index in [0.29, 0.717) is 158 Å². The zero-order valence-electron chi connectivity index (χ0n) is 76.2. The van der Waals surface area contributed by atoms with Gasteiger partial charge >= 0.3 is 6.18 Å². The minimum absolute atomic E-state index is 0.0128. The van der Waals surface area contributed by atoms with Crippen molar-refractivity contribution in [3.8, 4) is 92.0 Å². The van der Waals surface area contributed by atoms with E-state index in [0.717, 1.165) is 128 Å². The summed E-state index contributed by atoms with van der Waals surface area (Å²) in [6, 6.07) is 70.6. The minimum atomic E-state index is -4.51. The fourth-order valence-corrected chi connectivity index (χ4v) is 21.1. The average Bonchev–Trinajstić information content (AvgIpc) is 1.64. The van der Waals surface area contributed by atoms with Crippen molar-refractivity contribution in [1.29, 1.82) is 0 Å². The molecule has 4 fully saturated rings. The predicted octanol–water partition coefficient (Wildman–Crippen LogP) is 26.1. The first-order chi connectivity index (χ1) is 69.2. The fraction of sp³-hybridized carbons (Fsp3) is 0.229. The largest absolute Gasteiger partial charge is 0.508 e. The van der Waals surface area contributed by atoms with Crippen molar-refractivity contribution in [1.82, 2.24) is 19.6 Å². The van der Waals surface area contributed by atoms with Gasteiger partial charge in [0.05, 0.1) is 37.3 Å². The molecule has 34 heteroatoms. The number of ketones is 4. The van der Waals surface area contributed by atoms with Gasteiger partial charge in [0, 0.05) is 170 Å². The molecule has 4 aliphatic heterocycles. The van der Waals surface area contributed by atoms with Crippen LogP contribution >= 0.6 is 68.5 Å². The fourth-order valence-electron chi connectivity index (χ4n) is 16.3. The summed E-state index contributed by atoms with van der Waals surface area (Å²) in [5, 5.41) is 43.3. The van der Waals surface area contributed by atoms with Gasteiger partial charge in [0.2, 0.25) is 23.1 Å². The molecule has 0 spiro atoms. The third-order valence-electron chi connectivity index (χ3n) is 24.0. The van der Waals surface area contributed by atoms with Crippen molar-refractivity contribution in [2.75, 3.05) is 132 Å². The molecule has 0 aliphatic carbocycles. The number of hydrogen-bond acceptors (Lipinski definition) is 24. The number of carbonyl (C=O) groups excluding carboxylic acids is 4. The van der Waals surface area contributed by atoms with Crippen LogP contribution in [0.25, 0.3) is 40.3 Å². The van der Waals surface area contributed by atoms with E-state index >= 15 is 0 Å². The van der Waals surface area contributed by atoms with Crippen molar-refractivity contribution in [3.63, 3.8) is 0 Å². The summed E-state index contributed by atoms with van der Waals surface area (Å²) < 4.78 is 153. The molecule has 8 heterocycles. The van der Waals surface area contributed by atoms with E-state index in [1.54, 1.807) is 182 Å². The molecule has 0 radical (unpaired) electrons. The van der Waals surface area contributed by atoms with Gasteiger partial charge in [0.15, 0.2) is 23.0 Å². The number of nitrogens with zero attached hydrogens (tertiary/aromatic N) is 4. The number of benzene rings is 12. The molecule has 0 atom stereocenters. The van der Waals surface area contributed by atoms with Crippen LogP contribution in [0, 0.1) is 29.5 Å². The Hall–Kier alpha value is -13.4. The SMILES string of the molecule is O=C(c1ccc(C(F)(F)F)cc1)c1sc2cc(O)ccc2c1Oc1ccc(OCCN2CC(CF)C2)cc1.O=C(c1ccc(Cl)cc1)c1sc2cc(O)ccc2c1Oc1ccc(OCCN2CC(CF)C2)cc1.O=C(c1ccc(F)cc1)c1sc2cc(O)ccc2c1Oc1ccc(OCCN2CC(CF)C2)cc1.O=C(c1ccccc1Cl)c1sc2cc(O)ccc2c1Oc1ccc(OCCN2CC(CF)C2)cc1. The van der Waals surface area contributed by atoms with Gasteiger partial charge in [-0.05, 0) is 243 Å². The van der Waals surface area contributed by atoms with E-state index in [4.69, 9.17) is 61.1 Å². The van der Waals surface area contributed by atoms with E-state index in [2.05, 4.69) is 19.6 Å². The van der Waals surface area contributed by atoms with Crippen LogP contribution in [-0.4, -0.2) is 195 Å². The zero-order valence-corrected chi connectivity index (χ0v) is 81.0. The van der Waals surface area contributed by atoms with Crippen LogP contribution in [-0.2, 0) is 6.18 Å². The molecule has 4 aromatic heterocycles. The Morgan fingerprint density at radius 1 is 0.322 bits per heavy atom.